The fraction of sp³-hybridized carbons (Fsp3) is 0.333. The maximum atomic E-state index is 12.9. The first-order valence-corrected chi connectivity index (χ1v) is 9.85. The number of anilines is 1. The monoisotopic (exact) mass is 365 g/mol. The molecule has 0 unspecified atom stereocenters. The van der Waals surface area contributed by atoms with Crippen LogP contribution in [0.3, 0.4) is 0 Å². The van der Waals surface area contributed by atoms with Crippen molar-refractivity contribution in [1.29, 1.82) is 0 Å². The maximum absolute atomic E-state index is 12.9. The van der Waals surface area contributed by atoms with Gasteiger partial charge in [0.1, 0.15) is 0 Å². The molecule has 4 rings (SSSR count). The third-order valence-corrected chi connectivity index (χ3v) is 6.20. The predicted molar refractivity (Wildman–Crippen MR) is 108 cm³/mol. The highest BCUT2D eigenvalue weighted by atomic mass is 32.1. The lowest BCUT2D eigenvalue weighted by Crippen LogP contribution is -2.39. The van der Waals surface area contributed by atoms with Gasteiger partial charge in [0.05, 0.1) is 15.2 Å². The number of amides is 1. The lowest BCUT2D eigenvalue weighted by atomic mass is 9.98. The van der Waals surface area contributed by atoms with Crippen LogP contribution in [0.5, 0.6) is 0 Å². The topological polar surface area (TPSA) is 36.4 Å². The second kappa shape index (κ2) is 7.08. The van der Waals surface area contributed by atoms with Crippen molar-refractivity contribution >= 4 is 33.1 Å². The number of fused-ring (bicyclic) bond motifs is 1. The van der Waals surface area contributed by atoms with Crippen molar-refractivity contribution < 1.29 is 4.79 Å². The zero-order chi connectivity index (χ0) is 18.1. The molecule has 3 aromatic rings. The van der Waals surface area contributed by atoms with Gasteiger partial charge in [0.2, 0.25) is 0 Å². The third kappa shape index (κ3) is 3.31. The van der Waals surface area contributed by atoms with Crippen molar-refractivity contribution in [1.82, 2.24) is 9.88 Å². The molecule has 1 saturated heterocycles. The van der Waals surface area contributed by atoms with Gasteiger partial charge in [-0.05, 0) is 49.2 Å². The molecule has 0 N–H and O–H groups in total. The highest BCUT2D eigenvalue weighted by molar-refractivity contribution is 7.18. The Balaban J connectivity index is 1.51. The minimum Gasteiger partial charge on any atom is -0.378 e. The molecule has 0 aliphatic carbocycles. The Hall–Kier alpha value is -2.40. The highest BCUT2D eigenvalue weighted by Crippen LogP contribution is 2.33. The van der Waals surface area contributed by atoms with Crippen molar-refractivity contribution in [2.75, 3.05) is 32.1 Å². The predicted octanol–water partition coefficient (Wildman–Crippen LogP) is 4.38. The lowest BCUT2D eigenvalue weighted by Gasteiger charge is -2.32. The standard InChI is InChI=1S/C21H23N3OS/c1-23(2)17-11-9-15(10-12-17)21(25)24-13-5-6-16(14-24)20-22-18-7-3-4-8-19(18)26-20/h3-4,7-12,16H,5-6,13-14H2,1-2H3/t16-/m0/s1. The molecule has 1 aliphatic heterocycles. The Bertz CT molecular complexity index is 883. The SMILES string of the molecule is CN(C)c1ccc(C(=O)N2CCC[C@H](c3nc4ccccc4s3)C2)cc1. The first-order valence-electron chi connectivity index (χ1n) is 9.04. The minimum absolute atomic E-state index is 0.126. The van der Waals surface area contributed by atoms with E-state index in [9.17, 15) is 4.79 Å². The van der Waals surface area contributed by atoms with E-state index in [2.05, 4.69) is 18.2 Å². The van der Waals surface area contributed by atoms with Gasteiger partial charge in [0.25, 0.3) is 5.91 Å². The first-order chi connectivity index (χ1) is 12.6. The van der Waals surface area contributed by atoms with Gasteiger partial charge >= 0.3 is 0 Å². The fourth-order valence-corrected chi connectivity index (χ4v) is 4.61. The first kappa shape index (κ1) is 17.0. The van der Waals surface area contributed by atoms with E-state index in [1.54, 1.807) is 11.3 Å². The largest absolute Gasteiger partial charge is 0.378 e. The lowest BCUT2D eigenvalue weighted by molar-refractivity contribution is 0.0707. The number of carbonyl (C=O) groups excluding carboxylic acids is 1. The summed E-state index contributed by atoms with van der Waals surface area (Å²) in [5.74, 6) is 0.465. The van der Waals surface area contributed by atoms with Crippen molar-refractivity contribution in [3.05, 3.63) is 59.1 Å². The van der Waals surface area contributed by atoms with Crippen LogP contribution in [0.1, 0.15) is 34.1 Å². The molecule has 1 aliphatic rings. The van der Waals surface area contributed by atoms with E-state index in [0.29, 0.717) is 5.92 Å². The molecular formula is C21H23N3OS. The normalized spacial score (nSPS) is 17.5. The summed E-state index contributed by atoms with van der Waals surface area (Å²) in [5.41, 5.74) is 2.93. The molecule has 1 fully saturated rings. The van der Waals surface area contributed by atoms with E-state index in [1.807, 2.05) is 54.2 Å². The number of carbonyl (C=O) groups is 1. The number of hydrogen-bond acceptors (Lipinski definition) is 4. The average molecular weight is 366 g/mol. The number of rotatable bonds is 3. The number of benzene rings is 2. The number of nitrogens with zero attached hydrogens (tertiary/aromatic N) is 3. The minimum atomic E-state index is 0.126. The van der Waals surface area contributed by atoms with Crippen LogP contribution in [0.25, 0.3) is 10.2 Å². The zero-order valence-corrected chi connectivity index (χ0v) is 16.0. The van der Waals surface area contributed by atoms with Crippen LogP contribution in [-0.4, -0.2) is 43.0 Å². The fourth-order valence-electron chi connectivity index (χ4n) is 3.51. The molecule has 1 amide bonds. The number of aromatic nitrogens is 1. The van der Waals surface area contributed by atoms with Gasteiger partial charge in [0.15, 0.2) is 0 Å². The van der Waals surface area contributed by atoms with Gasteiger partial charge in [-0.1, -0.05) is 12.1 Å². The summed E-state index contributed by atoms with van der Waals surface area (Å²) in [6.07, 6.45) is 2.13. The van der Waals surface area contributed by atoms with Crippen molar-refractivity contribution in [2.24, 2.45) is 0 Å². The smallest absolute Gasteiger partial charge is 0.253 e. The molecule has 1 atom stereocenters. The molecule has 26 heavy (non-hydrogen) atoms. The van der Waals surface area contributed by atoms with Crippen LogP contribution in [0.2, 0.25) is 0 Å². The van der Waals surface area contributed by atoms with E-state index >= 15 is 0 Å². The zero-order valence-electron chi connectivity index (χ0n) is 15.2. The van der Waals surface area contributed by atoms with E-state index < -0.39 is 0 Å². The summed E-state index contributed by atoms with van der Waals surface area (Å²) in [6, 6.07) is 16.1. The Kier molecular flexibility index (Phi) is 4.64. The summed E-state index contributed by atoms with van der Waals surface area (Å²) >= 11 is 1.76. The van der Waals surface area contributed by atoms with Crippen molar-refractivity contribution in [3.8, 4) is 0 Å². The second-order valence-electron chi connectivity index (χ2n) is 7.05. The van der Waals surface area contributed by atoms with Crippen molar-refractivity contribution in [2.45, 2.75) is 18.8 Å². The van der Waals surface area contributed by atoms with Crippen LogP contribution >= 0.6 is 11.3 Å². The Morgan fingerprint density at radius 1 is 1.15 bits per heavy atom. The molecule has 4 nitrogen and oxygen atoms in total. The van der Waals surface area contributed by atoms with Gasteiger partial charge in [-0.25, -0.2) is 4.98 Å². The summed E-state index contributed by atoms with van der Waals surface area (Å²) in [4.78, 5) is 21.8. The number of thiazole rings is 1. The maximum Gasteiger partial charge on any atom is 0.253 e. The van der Waals surface area contributed by atoms with Crippen LogP contribution in [0.15, 0.2) is 48.5 Å². The Labute approximate surface area is 158 Å². The van der Waals surface area contributed by atoms with E-state index in [1.165, 1.54) is 4.70 Å². The van der Waals surface area contributed by atoms with E-state index in [0.717, 1.165) is 47.7 Å². The molecule has 134 valence electrons. The number of piperidine rings is 1. The molecule has 2 aromatic carbocycles. The Morgan fingerprint density at radius 3 is 2.65 bits per heavy atom. The van der Waals surface area contributed by atoms with Crippen LogP contribution < -0.4 is 4.90 Å². The summed E-state index contributed by atoms with van der Waals surface area (Å²) < 4.78 is 1.23. The van der Waals surface area contributed by atoms with E-state index in [4.69, 9.17) is 4.98 Å². The summed E-state index contributed by atoms with van der Waals surface area (Å²) in [5, 5.41) is 1.16. The molecule has 2 heterocycles. The molecule has 0 radical (unpaired) electrons. The molecule has 0 saturated carbocycles. The van der Waals surface area contributed by atoms with Crippen molar-refractivity contribution in [3.63, 3.8) is 0 Å². The van der Waals surface area contributed by atoms with Crippen LogP contribution in [-0.2, 0) is 0 Å². The molecule has 0 bridgehead atoms. The number of likely N-dealkylation sites (tertiary alicyclic amines) is 1. The highest BCUT2D eigenvalue weighted by Gasteiger charge is 2.27. The molecule has 5 heteroatoms. The van der Waals surface area contributed by atoms with Gasteiger partial charge in [0, 0.05) is 44.4 Å². The number of para-hydroxylation sites is 1. The van der Waals surface area contributed by atoms with Gasteiger partial charge in [-0.3, -0.25) is 4.79 Å². The number of hydrogen-bond donors (Lipinski definition) is 0. The second-order valence-corrected chi connectivity index (χ2v) is 8.11. The molecular weight excluding hydrogens is 342 g/mol. The molecule has 0 spiro atoms. The summed E-state index contributed by atoms with van der Waals surface area (Å²) in [6.45, 7) is 1.59. The van der Waals surface area contributed by atoms with Gasteiger partial charge in [-0.2, -0.15) is 0 Å². The third-order valence-electron chi connectivity index (χ3n) is 5.00. The van der Waals surface area contributed by atoms with E-state index in [-0.39, 0.29) is 5.91 Å². The molecule has 1 aromatic heterocycles. The summed E-state index contributed by atoms with van der Waals surface area (Å²) in [7, 11) is 4.01. The van der Waals surface area contributed by atoms with Crippen LogP contribution in [0.4, 0.5) is 5.69 Å². The van der Waals surface area contributed by atoms with Gasteiger partial charge in [-0.15, -0.1) is 11.3 Å². The average Bonchev–Trinajstić information content (AvgIpc) is 3.12. The quantitative estimate of drug-likeness (QED) is 0.691. The Morgan fingerprint density at radius 2 is 1.92 bits per heavy atom. The van der Waals surface area contributed by atoms with Crippen LogP contribution in [0, 0.1) is 0 Å². The van der Waals surface area contributed by atoms with Gasteiger partial charge < -0.3 is 9.80 Å².